The van der Waals surface area contributed by atoms with Crippen LogP contribution in [-0.4, -0.2) is 21.7 Å². The van der Waals surface area contributed by atoms with Crippen molar-refractivity contribution >= 4 is 10.9 Å². The van der Waals surface area contributed by atoms with E-state index < -0.39 is 6.10 Å². The molecule has 0 spiro atoms. The van der Waals surface area contributed by atoms with E-state index in [0.717, 1.165) is 34.1 Å². The van der Waals surface area contributed by atoms with Crippen LogP contribution < -0.4 is 9.47 Å². The number of aliphatic hydroxyl groups is 1. The molecule has 1 N–H and O–H groups in total. The topological polar surface area (TPSA) is 64.5 Å². The van der Waals surface area contributed by atoms with Crippen LogP contribution in [0.1, 0.15) is 22.9 Å². The molecule has 150 valence electrons. The number of hydrogen-bond acceptors (Lipinski definition) is 5. The number of aliphatic hydroxyl groups excluding tert-OH is 1. The number of nitrogens with zero attached hydrogens (tertiary/aromatic N) is 2. The van der Waals surface area contributed by atoms with E-state index in [4.69, 9.17) is 9.47 Å². The van der Waals surface area contributed by atoms with Crippen molar-refractivity contribution in [2.45, 2.75) is 19.1 Å². The SMILES string of the molecule is O[C@H]1c2ccc(OCc3ccc4ccccc4n3)cc2OC[C@@H]1Cc1cccnc1. The minimum absolute atomic E-state index is 0.00438. The number of rotatable bonds is 5. The van der Waals surface area contributed by atoms with Gasteiger partial charge in [0.2, 0.25) is 0 Å². The number of benzene rings is 2. The van der Waals surface area contributed by atoms with E-state index in [1.165, 1.54) is 0 Å². The largest absolute Gasteiger partial charge is 0.493 e. The smallest absolute Gasteiger partial charge is 0.130 e. The van der Waals surface area contributed by atoms with Crippen LogP contribution in [0, 0.1) is 5.92 Å². The molecule has 0 saturated heterocycles. The van der Waals surface area contributed by atoms with Gasteiger partial charge < -0.3 is 14.6 Å². The second-order valence-electron chi connectivity index (χ2n) is 7.56. The van der Waals surface area contributed by atoms with E-state index in [1.54, 1.807) is 6.20 Å². The van der Waals surface area contributed by atoms with Crippen molar-refractivity contribution in [3.63, 3.8) is 0 Å². The first-order valence-electron chi connectivity index (χ1n) is 10.1. The molecule has 4 aromatic rings. The van der Waals surface area contributed by atoms with Crippen LogP contribution in [0.3, 0.4) is 0 Å². The predicted molar refractivity (Wildman–Crippen MR) is 114 cm³/mol. The standard InChI is InChI=1S/C25H22N2O3/c28-25-19(12-17-4-3-11-26-14-17)15-30-24-13-21(9-10-22(24)25)29-16-20-8-7-18-5-1-2-6-23(18)27-20/h1-11,13-14,19,25,28H,12,15-16H2/t19-,25+/m0/s1. The number of pyridine rings is 2. The van der Waals surface area contributed by atoms with Crippen LogP contribution in [0.15, 0.2) is 79.1 Å². The zero-order valence-electron chi connectivity index (χ0n) is 16.4. The van der Waals surface area contributed by atoms with Crippen molar-refractivity contribution in [2.75, 3.05) is 6.61 Å². The van der Waals surface area contributed by atoms with E-state index in [0.29, 0.717) is 24.7 Å². The summed E-state index contributed by atoms with van der Waals surface area (Å²) in [5, 5.41) is 11.9. The molecule has 0 amide bonds. The van der Waals surface area contributed by atoms with Gasteiger partial charge in [-0.1, -0.05) is 30.3 Å². The summed E-state index contributed by atoms with van der Waals surface area (Å²) >= 11 is 0. The van der Waals surface area contributed by atoms with Crippen molar-refractivity contribution in [1.29, 1.82) is 0 Å². The number of aromatic nitrogens is 2. The fourth-order valence-corrected chi connectivity index (χ4v) is 3.85. The van der Waals surface area contributed by atoms with Gasteiger partial charge in [-0.05, 0) is 42.3 Å². The maximum atomic E-state index is 10.8. The molecule has 0 saturated carbocycles. The number of fused-ring (bicyclic) bond motifs is 2. The Morgan fingerprint density at radius 2 is 1.97 bits per heavy atom. The molecule has 3 heterocycles. The highest BCUT2D eigenvalue weighted by Crippen LogP contribution is 2.39. The quantitative estimate of drug-likeness (QED) is 0.536. The molecule has 5 rings (SSSR count). The third-order valence-corrected chi connectivity index (χ3v) is 5.47. The van der Waals surface area contributed by atoms with Gasteiger partial charge >= 0.3 is 0 Å². The molecule has 2 aromatic carbocycles. The van der Waals surface area contributed by atoms with Gasteiger partial charge in [0.05, 0.1) is 23.9 Å². The van der Waals surface area contributed by atoms with E-state index in [9.17, 15) is 5.11 Å². The average Bonchev–Trinajstić information content (AvgIpc) is 2.80. The summed E-state index contributed by atoms with van der Waals surface area (Å²) in [4.78, 5) is 8.79. The third-order valence-electron chi connectivity index (χ3n) is 5.47. The van der Waals surface area contributed by atoms with Crippen LogP contribution in [0.2, 0.25) is 0 Å². The molecule has 30 heavy (non-hydrogen) atoms. The lowest BCUT2D eigenvalue weighted by Gasteiger charge is -2.30. The second kappa shape index (κ2) is 8.13. The van der Waals surface area contributed by atoms with E-state index in [1.807, 2.05) is 66.9 Å². The van der Waals surface area contributed by atoms with Gasteiger partial charge in [0.15, 0.2) is 0 Å². The minimum Gasteiger partial charge on any atom is -0.493 e. The van der Waals surface area contributed by atoms with E-state index in [2.05, 4.69) is 16.0 Å². The minimum atomic E-state index is -0.579. The van der Waals surface area contributed by atoms with Crippen molar-refractivity contribution in [3.05, 3.63) is 95.9 Å². The van der Waals surface area contributed by atoms with Crippen LogP contribution in [0.4, 0.5) is 0 Å². The van der Waals surface area contributed by atoms with Gasteiger partial charge in [-0.2, -0.15) is 0 Å². The Balaban J connectivity index is 1.27. The molecule has 5 nitrogen and oxygen atoms in total. The maximum Gasteiger partial charge on any atom is 0.130 e. The highest BCUT2D eigenvalue weighted by molar-refractivity contribution is 5.78. The monoisotopic (exact) mass is 398 g/mol. The summed E-state index contributed by atoms with van der Waals surface area (Å²) in [7, 11) is 0. The molecule has 0 aliphatic carbocycles. The van der Waals surface area contributed by atoms with Gasteiger partial charge in [-0.25, -0.2) is 4.98 Å². The summed E-state index contributed by atoms with van der Waals surface area (Å²) in [6, 6.07) is 21.6. The van der Waals surface area contributed by atoms with Crippen molar-refractivity contribution in [3.8, 4) is 11.5 Å². The van der Waals surface area contributed by atoms with Crippen molar-refractivity contribution < 1.29 is 14.6 Å². The molecular weight excluding hydrogens is 376 g/mol. The lowest BCUT2D eigenvalue weighted by molar-refractivity contribution is 0.0505. The second-order valence-corrected chi connectivity index (χ2v) is 7.56. The molecular formula is C25H22N2O3. The Hall–Kier alpha value is -3.44. The molecule has 2 atom stereocenters. The fraction of sp³-hybridized carbons (Fsp3) is 0.200. The number of para-hydroxylation sites is 1. The summed E-state index contributed by atoms with van der Waals surface area (Å²) in [5.41, 5.74) is 3.71. The molecule has 0 radical (unpaired) electrons. The maximum absolute atomic E-state index is 10.8. The summed E-state index contributed by atoms with van der Waals surface area (Å²) in [5.74, 6) is 1.37. The van der Waals surface area contributed by atoms with Gasteiger partial charge in [-0.3, -0.25) is 4.98 Å². The van der Waals surface area contributed by atoms with Crippen molar-refractivity contribution in [1.82, 2.24) is 9.97 Å². The van der Waals surface area contributed by atoms with Crippen LogP contribution in [-0.2, 0) is 13.0 Å². The van der Waals surface area contributed by atoms with E-state index in [-0.39, 0.29) is 5.92 Å². The lowest BCUT2D eigenvalue weighted by Crippen LogP contribution is -2.27. The van der Waals surface area contributed by atoms with Crippen LogP contribution in [0.25, 0.3) is 10.9 Å². The molecule has 1 aliphatic rings. The Morgan fingerprint density at radius 3 is 2.87 bits per heavy atom. The Labute approximate surface area is 175 Å². The third kappa shape index (κ3) is 3.84. The van der Waals surface area contributed by atoms with Gasteiger partial charge in [0.25, 0.3) is 0 Å². The predicted octanol–water partition coefficient (Wildman–Crippen LogP) is 4.49. The fourth-order valence-electron chi connectivity index (χ4n) is 3.85. The van der Waals surface area contributed by atoms with Crippen LogP contribution >= 0.6 is 0 Å². The van der Waals surface area contributed by atoms with E-state index >= 15 is 0 Å². The van der Waals surface area contributed by atoms with Gasteiger partial charge in [-0.15, -0.1) is 0 Å². The molecule has 2 aromatic heterocycles. The lowest BCUT2D eigenvalue weighted by atomic mass is 9.88. The normalized spacial score (nSPS) is 17.9. The first-order valence-corrected chi connectivity index (χ1v) is 10.1. The average molecular weight is 398 g/mol. The molecule has 1 aliphatic heterocycles. The zero-order valence-corrected chi connectivity index (χ0v) is 16.4. The summed E-state index contributed by atoms with van der Waals surface area (Å²) in [6.07, 6.45) is 3.73. The number of hydrogen-bond donors (Lipinski definition) is 1. The molecule has 0 bridgehead atoms. The molecule has 0 fully saturated rings. The first-order chi connectivity index (χ1) is 14.8. The van der Waals surface area contributed by atoms with Gasteiger partial charge in [0, 0.05) is 35.3 Å². The highest BCUT2D eigenvalue weighted by atomic mass is 16.5. The zero-order chi connectivity index (χ0) is 20.3. The first kappa shape index (κ1) is 18.6. The van der Waals surface area contributed by atoms with Crippen LogP contribution in [0.5, 0.6) is 11.5 Å². The number of ether oxygens (including phenoxy) is 2. The Morgan fingerprint density at radius 1 is 1.03 bits per heavy atom. The Bertz CT molecular complexity index is 1160. The van der Waals surface area contributed by atoms with Crippen molar-refractivity contribution in [2.24, 2.45) is 5.92 Å². The molecule has 0 unspecified atom stereocenters. The summed E-state index contributed by atoms with van der Waals surface area (Å²) in [6.45, 7) is 0.828. The summed E-state index contributed by atoms with van der Waals surface area (Å²) < 4.78 is 11.9. The Kier molecular flexibility index (Phi) is 5.03. The van der Waals surface area contributed by atoms with Gasteiger partial charge in [0.1, 0.15) is 18.1 Å². The highest BCUT2D eigenvalue weighted by Gasteiger charge is 2.29. The molecule has 5 heteroatoms.